The van der Waals surface area contributed by atoms with Crippen LogP contribution in [-0.4, -0.2) is 37.2 Å². The van der Waals surface area contributed by atoms with E-state index in [1.165, 1.54) is 6.92 Å². The second kappa shape index (κ2) is 6.06. The van der Waals surface area contributed by atoms with Gasteiger partial charge in [0.25, 0.3) is 0 Å². The molecule has 0 spiro atoms. The van der Waals surface area contributed by atoms with Crippen LogP contribution >= 0.6 is 23.2 Å². The van der Waals surface area contributed by atoms with Crippen molar-refractivity contribution in [1.82, 2.24) is 4.72 Å². The Labute approximate surface area is 120 Å². The molecule has 0 aliphatic rings. The molecule has 0 radical (unpaired) electrons. The highest BCUT2D eigenvalue weighted by molar-refractivity contribution is 7.89. The zero-order valence-corrected chi connectivity index (χ0v) is 12.1. The van der Waals surface area contributed by atoms with Crippen molar-refractivity contribution < 1.29 is 23.4 Å². The van der Waals surface area contributed by atoms with Gasteiger partial charge >= 0.3 is 5.97 Å². The van der Waals surface area contributed by atoms with Crippen molar-refractivity contribution in [2.45, 2.75) is 17.9 Å². The third-order valence-electron chi connectivity index (χ3n) is 2.17. The number of carboxylic acid groups (broad SMARTS) is 1. The third-order valence-corrected chi connectivity index (χ3v) is 4.54. The topological polar surface area (TPSA) is 104 Å². The van der Waals surface area contributed by atoms with Gasteiger partial charge in [-0.05, 0) is 19.1 Å². The average molecular weight is 328 g/mol. The fourth-order valence-corrected chi connectivity index (χ4v) is 3.35. The van der Waals surface area contributed by atoms with Crippen LogP contribution in [0.4, 0.5) is 0 Å². The van der Waals surface area contributed by atoms with Crippen LogP contribution in [0.15, 0.2) is 17.0 Å². The highest BCUT2D eigenvalue weighted by Gasteiger charge is 2.23. The minimum absolute atomic E-state index is 0.161. The molecule has 0 unspecified atom stereocenters. The van der Waals surface area contributed by atoms with Gasteiger partial charge in [0, 0.05) is 6.04 Å². The molecule has 0 aliphatic carbocycles. The summed E-state index contributed by atoms with van der Waals surface area (Å²) in [6.45, 7) is 1.04. The number of benzene rings is 1. The maximum atomic E-state index is 12.0. The second-order valence-corrected chi connectivity index (χ2v) is 6.27. The van der Waals surface area contributed by atoms with Crippen LogP contribution in [0, 0.1) is 0 Å². The van der Waals surface area contributed by atoms with E-state index in [9.17, 15) is 13.2 Å². The number of halogens is 2. The van der Waals surface area contributed by atoms with Crippen molar-refractivity contribution in [2.75, 3.05) is 6.61 Å². The molecule has 0 aliphatic heterocycles. The number of hydrogen-bond acceptors (Lipinski definition) is 4. The molecule has 1 rings (SSSR count). The summed E-state index contributed by atoms with van der Waals surface area (Å²) in [4.78, 5) is 10.5. The Hall–Kier alpha value is -0.860. The predicted octanol–water partition coefficient (Wildman–Crippen LogP) is 1.35. The van der Waals surface area contributed by atoms with Gasteiger partial charge in [0.05, 0.1) is 22.2 Å². The van der Waals surface area contributed by atoms with E-state index < -0.39 is 33.5 Å². The standard InChI is InChI=1S/C10H11Cl2NO5S/c1-5(4-14)13-19(17,18)9-2-6(10(15)16)7(11)3-8(9)12/h2-3,5,13-14H,4H2,1H3,(H,15,16)/t5-/m1/s1. The number of rotatable bonds is 5. The lowest BCUT2D eigenvalue weighted by Gasteiger charge is -2.13. The molecule has 6 nitrogen and oxygen atoms in total. The first-order chi connectivity index (χ1) is 8.69. The molecule has 0 aromatic heterocycles. The normalized spacial score (nSPS) is 13.3. The van der Waals surface area contributed by atoms with E-state index in [-0.39, 0.29) is 15.6 Å². The summed E-state index contributed by atoms with van der Waals surface area (Å²) >= 11 is 11.4. The maximum absolute atomic E-state index is 12.0. The SMILES string of the molecule is C[C@H](CO)NS(=O)(=O)c1cc(C(=O)O)c(Cl)cc1Cl. The van der Waals surface area contributed by atoms with Gasteiger partial charge in [0.1, 0.15) is 4.90 Å². The van der Waals surface area contributed by atoms with Gasteiger partial charge in [-0.3, -0.25) is 0 Å². The summed E-state index contributed by atoms with van der Waals surface area (Å²) in [6, 6.07) is 1.19. The molecule has 19 heavy (non-hydrogen) atoms. The van der Waals surface area contributed by atoms with Gasteiger partial charge in [0.2, 0.25) is 10.0 Å². The third kappa shape index (κ3) is 3.80. The minimum atomic E-state index is -4.04. The van der Waals surface area contributed by atoms with Crippen molar-refractivity contribution in [1.29, 1.82) is 0 Å². The zero-order chi connectivity index (χ0) is 14.8. The van der Waals surface area contributed by atoms with Crippen LogP contribution < -0.4 is 4.72 Å². The first-order valence-electron chi connectivity index (χ1n) is 5.04. The van der Waals surface area contributed by atoms with E-state index in [2.05, 4.69) is 4.72 Å². The van der Waals surface area contributed by atoms with E-state index in [0.717, 1.165) is 12.1 Å². The Morgan fingerprint density at radius 1 is 1.37 bits per heavy atom. The number of nitrogens with one attached hydrogen (secondary N) is 1. The fourth-order valence-electron chi connectivity index (χ4n) is 1.26. The van der Waals surface area contributed by atoms with Crippen molar-refractivity contribution in [3.63, 3.8) is 0 Å². The quantitative estimate of drug-likeness (QED) is 0.757. The van der Waals surface area contributed by atoms with E-state index in [1.807, 2.05) is 0 Å². The van der Waals surface area contributed by atoms with Crippen molar-refractivity contribution >= 4 is 39.2 Å². The number of aromatic carboxylic acids is 1. The maximum Gasteiger partial charge on any atom is 0.337 e. The van der Waals surface area contributed by atoms with Gasteiger partial charge < -0.3 is 10.2 Å². The summed E-state index contributed by atoms with van der Waals surface area (Å²) in [5.74, 6) is -1.37. The molecular formula is C10H11Cl2NO5S. The van der Waals surface area contributed by atoms with Gasteiger partial charge in [0.15, 0.2) is 0 Å². The molecular weight excluding hydrogens is 317 g/mol. The number of aliphatic hydroxyl groups is 1. The largest absolute Gasteiger partial charge is 0.478 e. The van der Waals surface area contributed by atoms with Gasteiger partial charge in [-0.1, -0.05) is 23.2 Å². The highest BCUT2D eigenvalue weighted by atomic mass is 35.5. The average Bonchev–Trinajstić information content (AvgIpc) is 2.27. The summed E-state index contributed by atoms with van der Waals surface area (Å²) < 4.78 is 26.1. The van der Waals surface area contributed by atoms with Gasteiger partial charge in [-0.2, -0.15) is 0 Å². The molecule has 0 heterocycles. The fraction of sp³-hybridized carbons (Fsp3) is 0.300. The lowest BCUT2D eigenvalue weighted by atomic mass is 10.2. The summed E-state index contributed by atoms with van der Waals surface area (Å²) in [7, 11) is -4.04. The molecule has 0 amide bonds. The molecule has 0 saturated heterocycles. The van der Waals surface area contributed by atoms with Crippen molar-refractivity contribution in [2.24, 2.45) is 0 Å². The number of hydrogen-bond donors (Lipinski definition) is 3. The monoisotopic (exact) mass is 327 g/mol. The van der Waals surface area contributed by atoms with E-state index in [1.54, 1.807) is 0 Å². The lowest BCUT2D eigenvalue weighted by Crippen LogP contribution is -2.35. The van der Waals surface area contributed by atoms with Crippen LogP contribution in [0.5, 0.6) is 0 Å². The molecule has 1 atom stereocenters. The number of carbonyl (C=O) groups is 1. The molecule has 3 N–H and O–H groups in total. The molecule has 0 saturated carbocycles. The van der Waals surface area contributed by atoms with Crippen LogP contribution in [0.1, 0.15) is 17.3 Å². The molecule has 106 valence electrons. The molecule has 0 bridgehead atoms. The molecule has 1 aromatic rings. The van der Waals surface area contributed by atoms with Crippen LogP contribution in [0.2, 0.25) is 10.0 Å². The van der Waals surface area contributed by atoms with E-state index >= 15 is 0 Å². The van der Waals surface area contributed by atoms with Crippen LogP contribution in [-0.2, 0) is 10.0 Å². The minimum Gasteiger partial charge on any atom is -0.478 e. The number of aliphatic hydroxyl groups excluding tert-OH is 1. The Balaban J connectivity index is 3.34. The molecule has 9 heteroatoms. The highest BCUT2D eigenvalue weighted by Crippen LogP contribution is 2.28. The van der Waals surface area contributed by atoms with Gasteiger partial charge in [-0.15, -0.1) is 0 Å². The Bertz CT molecular complexity index is 602. The Morgan fingerprint density at radius 2 is 1.95 bits per heavy atom. The van der Waals surface area contributed by atoms with Crippen molar-refractivity contribution in [3.05, 3.63) is 27.7 Å². The van der Waals surface area contributed by atoms with Crippen LogP contribution in [0.3, 0.4) is 0 Å². The lowest BCUT2D eigenvalue weighted by molar-refractivity contribution is 0.0697. The number of carboxylic acids is 1. The van der Waals surface area contributed by atoms with E-state index in [4.69, 9.17) is 33.4 Å². The predicted molar refractivity (Wildman–Crippen MR) is 70.3 cm³/mol. The summed E-state index contributed by atoms with van der Waals surface area (Å²) in [5.41, 5.74) is -0.372. The number of sulfonamides is 1. The smallest absolute Gasteiger partial charge is 0.337 e. The first-order valence-corrected chi connectivity index (χ1v) is 7.28. The molecule has 0 fully saturated rings. The Morgan fingerprint density at radius 3 is 2.42 bits per heavy atom. The first kappa shape index (κ1) is 16.2. The summed E-state index contributed by atoms with van der Waals surface area (Å²) in [6.07, 6.45) is 0. The Kier molecular flexibility index (Phi) is 5.17. The molecule has 1 aromatic carbocycles. The van der Waals surface area contributed by atoms with E-state index in [0.29, 0.717) is 0 Å². The zero-order valence-electron chi connectivity index (χ0n) is 9.72. The van der Waals surface area contributed by atoms with Crippen molar-refractivity contribution in [3.8, 4) is 0 Å². The van der Waals surface area contributed by atoms with Crippen LogP contribution in [0.25, 0.3) is 0 Å². The second-order valence-electron chi connectivity index (χ2n) is 3.77. The van der Waals surface area contributed by atoms with Gasteiger partial charge in [-0.25, -0.2) is 17.9 Å². The summed E-state index contributed by atoms with van der Waals surface area (Å²) in [5, 5.41) is 17.4.